The largest absolute Gasteiger partial charge is 0.377 e. The van der Waals surface area contributed by atoms with Crippen LogP contribution in [0.15, 0.2) is 0 Å². The van der Waals surface area contributed by atoms with E-state index in [1.807, 2.05) is 0 Å². The maximum atomic E-state index is 5.59. The van der Waals surface area contributed by atoms with E-state index in [2.05, 4.69) is 45.0 Å². The second-order valence-electron chi connectivity index (χ2n) is 5.39. The van der Waals surface area contributed by atoms with Crippen molar-refractivity contribution in [1.82, 2.24) is 10.2 Å². The molecule has 0 amide bonds. The molecule has 0 aromatic heterocycles. The summed E-state index contributed by atoms with van der Waals surface area (Å²) in [6, 6.07) is 0.379. The smallest absolute Gasteiger partial charge is 0.0787 e. The van der Waals surface area contributed by atoms with Crippen LogP contribution < -0.4 is 5.32 Å². The quantitative estimate of drug-likeness (QED) is 0.598. The van der Waals surface area contributed by atoms with Crippen LogP contribution in [-0.2, 0) is 4.74 Å². The predicted octanol–water partition coefficient (Wildman–Crippen LogP) is 2.51. The molecular formula is C14H32N2O. The minimum atomic E-state index is -0.116. The molecule has 0 aromatic rings. The SMILES string of the molecule is CCCCCN(C)CC(NCC)C(C)(C)OC. The maximum Gasteiger partial charge on any atom is 0.0787 e. The van der Waals surface area contributed by atoms with Gasteiger partial charge in [-0.2, -0.15) is 0 Å². The fraction of sp³-hybridized carbons (Fsp3) is 1.00. The average Bonchev–Trinajstić information content (AvgIpc) is 2.29. The van der Waals surface area contributed by atoms with Crippen molar-refractivity contribution < 1.29 is 4.74 Å². The Morgan fingerprint density at radius 2 is 1.88 bits per heavy atom. The number of nitrogens with zero attached hydrogens (tertiary/aromatic N) is 1. The van der Waals surface area contributed by atoms with Crippen LogP contribution in [-0.4, -0.2) is 50.3 Å². The molecule has 0 fully saturated rings. The van der Waals surface area contributed by atoms with Crippen molar-refractivity contribution in [3.8, 4) is 0 Å². The number of nitrogens with one attached hydrogen (secondary N) is 1. The molecule has 0 rings (SSSR count). The summed E-state index contributed by atoms with van der Waals surface area (Å²) in [6.45, 7) is 11.9. The van der Waals surface area contributed by atoms with E-state index in [1.54, 1.807) is 7.11 Å². The van der Waals surface area contributed by atoms with Crippen LogP contribution in [0.3, 0.4) is 0 Å². The topological polar surface area (TPSA) is 24.5 Å². The van der Waals surface area contributed by atoms with Crippen molar-refractivity contribution in [2.45, 2.75) is 58.6 Å². The van der Waals surface area contributed by atoms with Crippen molar-refractivity contribution >= 4 is 0 Å². The minimum absolute atomic E-state index is 0.116. The molecule has 104 valence electrons. The molecule has 1 atom stereocenters. The zero-order valence-corrected chi connectivity index (χ0v) is 12.7. The van der Waals surface area contributed by atoms with Crippen LogP contribution in [0, 0.1) is 0 Å². The molecule has 1 N–H and O–H groups in total. The standard InChI is InChI=1S/C14H32N2O/c1-7-9-10-11-16(5)12-13(15-8-2)14(3,4)17-6/h13,15H,7-12H2,1-6H3. The van der Waals surface area contributed by atoms with Gasteiger partial charge < -0.3 is 15.0 Å². The molecule has 0 bridgehead atoms. The van der Waals surface area contributed by atoms with E-state index in [9.17, 15) is 0 Å². The summed E-state index contributed by atoms with van der Waals surface area (Å²) in [4.78, 5) is 2.41. The van der Waals surface area contributed by atoms with Gasteiger partial charge in [0.15, 0.2) is 0 Å². The molecule has 0 aromatic carbocycles. The van der Waals surface area contributed by atoms with E-state index >= 15 is 0 Å². The van der Waals surface area contributed by atoms with Crippen molar-refractivity contribution in [2.75, 3.05) is 33.8 Å². The zero-order valence-electron chi connectivity index (χ0n) is 12.7. The summed E-state index contributed by atoms with van der Waals surface area (Å²) < 4.78 is 5.59. The Morgan fingerprint density at radius 1 is 1.24 bits per heavy atom. The van der Waals surface area contributed by atoms with Gasteiger partial charge in [0.2, 0.25) is 0 Å². The van der Waals surface area contributed by atoms with Gasteiger partial charge in [-0.25, -0.2) is 0 Å². The lowest BCUT2D eigenvalue weighted by Gasteiger charge is -2.36. The predicted molar refractivity (Wildman–Crippen MR) is 75.6 cm³/mol. The Bertz CT molecular complexity index is 183. The summed E-state index contributed by atoms with van der Waals surface area (Å²) in [5, 5.41) is 3.53. The van der Waals surface area contributed by atoms with Gasteiger partial charge in [-0.15, -0.1) is 0 Å². The van der Waals surface area contributed by atoms with E-state index in [0.29, 0.717) is 6.04 Å². The van der Waals surface area contributed by atoms with E-state index in [1.165, 1.54) is 25.8 Å². The molecule has 0 saturated heterocycles. The summed E-state index contributed by atoms with van der Waals surface area (Å²) in [5.41, 5.74) is -0.116. The lowest BCUT2D eigenvalue weighted by atomic mass is 9.98. The Labute approximate surface area is 108 Å². The highest BCUT2D eigenvalue weighted by molar-refractivity contribution is 4.87. The van der Waals surface area contributed by atoms with Crippen LogP contribution in [0.1, 0.15) is 47.0 Å². The van der Waals surface area contributed by atoms with Crippen LogP contribution in [0.2, 0.25) is 0 Å². The van der Waals surface area contributed by atoms with Crippen LogP contribution in [0.4, 0.5) is 0 Å². The normalized spacial score (nSPS) is 14.3. The molecule has 17 heavy (non-hydrogen) atoms. The third-order valence-corrected chi connectivity index (χ3v) is 3.45. The van der Waals surface area contributed by atoms with Crippen molar-refractivity contribution in [1.29, 1.82) is 0 Å². The molecule has 3 nitrogen and oxygen atoms in total. The first-order chi connectivity index (χ1) is 7.97. The molecule has 3 heteroatoms. The highest BCUT2D eigenvalue weighted by Gasteiger charge is 2.29. The second-order valence-corrected chi connectivity index (χ2v) is 5.39. The monoisotopic (exact) mass is 244 g/mol. The fourth-order valence-electron chi connectivity index (χ4n) is 1.95. The first-order valence-electron chi connectivity index (χ1n) is 6.95. The number of ether oxygens (including phenoxy) is 1. The maximum absolute atomic E-state index is 5.59. The van der Waals surface area contributed by atoms with Gasteiger partial charge in [-0.05, 0) is 40.4 Å². The van der Waals surface area contributed by atoms with E-state index in [0.717, 1.165) is 13.1 Å². The number of hydrogen-bond acceptors (Lipinski definition) is 3. The first kappa shape index (κ1) is 16.9. The first-order valence-corrected chi connectivity index (χ1v) is 6.95. The molecule has 0 heterocycles. The van der Waals surface area contributed by atoms with Crippen molar-refractivity contribution in [3.63, 3.8) is 0 Å². The molecule has 1 unspecified atom stereocenters. The number of unbranched alkanes of at least 4 members (excludes halogenated alkanes) is 2. The summed E-state index contributed by atoms with van der Waals surface area (Å²) in [5.74, 6) is 0. The van der Waals surface area contributed by atoms with Crippen LogP contribution in [0.5, 0.6) is 0 Å². The lowest BCUT2D eigenvalue weighted by molar-refractivity contribution is -0.0176. The van der Waals surface area contributed by atoms with Crippen molar-refractivity contribution in [2.24, 2.45) is 0 Å². The van der Waals surface area contributed by atoms with Crippen LogP contribution in [0.25, 0.3) is 0 Å². The Hall–Kier alpha value is -0.120. The van der Waals surface area contributed by atoms with Gasteiger partial charge >= 0.3 is 0 Å². The highest BCUT2D eigenvalue weighted by atomic mass is 16.5. The third-order valence-electron chi connectivity index (χ3n) is 3.45. The Balaban J connectivity index is 4.15. The molecule has 0 aliphatic heterocycles. The number of hydrogen-bond donors (Lipinski definition) is 1. The van der Waals surface area contributed by atoms with Gasteiger partial charge in [0.25, 0.3) is 0 Å². The lowest BCUT2D eigenvalue weighted by Crippen LogP contribution is -2.53. The summed E-state index contributed by atoms with van der Waals surface area (Å²) in [6.07, 6.45) is 3.90. The minimum Gasteiger partial charge on any atom is -0.377 e. The van der Waals surface area contributed by atoms with Crippen LogP contribution >= 0.6 is 0 Å². The van der Waals surface area contributed by atoms with E-state index in [-0.39, 0.29) is 5.60 Å². The van der Waals surface area contributed by atoms with E-state index < -0.39 is 0 Å². The molecule has 0 spiro atoms. The van der Waals surface area contributed by atoms with Gasteiger partial charge in [-0.3, -0.25) is 0 Å². The van der Waals surface area contributed by atoms with E-state index in [4.69, 9.17) is 4.74 Å². The van der Waals surface area contributed by atoms with Gasteiger partial charge in [-0.1, -0.05) is 26.7 Å². The molecule has 0 aliphatic rings. The zero-order chi connectivity index (χ0) is 13.3. The number of methoxy groups -OCH3 is 1. The number of likely N-dealkylation sites (N-methyl/N-ethyl adjacent to an activating group) is 2. The van der Waals surface area contributed by atoms with Gasteiger partial charge in [0.05, 0.1) is 5.60 Å². The molecule has 0 aliphatic carbocycles. The third kappa shape index (κ3) is 7.02. The number of rotatable bonds is 10. The average molecular weight is 244 g/mol. The van der Waals surface area contributed by atoms with Crippen molar-refractivity contribution in [3.05, 3.63) is 0 Å². The Morgan fingerprint density at radius 3 is 2.35 bits per heavy atom. The molecular weight excluding hydrogens is 212 g/mol. The molecule has 0 saturated carbocycles. The summed E-state index contributed by atoms with van der Waals surface area (Å²) >= 11 is 0. The Kier molecular flexibility index (Phi) is 8.83. The van der Waals surface area contributed by atoms with Gasteiger partial charge in [0.1, 0.15) is 0 Å². The van der Waals surface area contributed by atoms with Gasteiger partial charge in [0, 0.05) is 19.7 Å². The second kappa shape index (κ2) is 8.90. The fourth-order valence-corrected chi connectivity index (χ4v) is 1.95. The molecule has 0 radical (unpaired) electrons. The highest BCUT2D eigenvalue weighted by Crippen LogP contribution is 2.14. The summed E-state index contributed by atoms with van der Waals surface area (Å²) in [7, 11) is 3.99.